The van der Waals surface area contributed by atoms with Gasteiger partial charge in [-0.2, -0.15) is 0 Å². The Morgan fingerprint density at radius 2 is 1.54 bits per heavy atom. The molecule has 0 heterocycles. The molecule has 208 valence electrons. The number of hydrogen-bond donors (Lipinski definition) is 1. The number of amides is 2. The fourth-order valence-corrected chi connectivity index (χ4v) is 5.94. The lowest BCUT2D eigenvalue weighted by Gasteiger charge is -2.34. The normalized spacial score (nSPS) is 12.8. The molecule has 0 unspecified atom stereocenters. The third kappa shape index (κ3) is 7.47. The minimum absolute atomic E-state index is 0.0515. The number of carbonyl (C=O) groups excluding carboxylic acids is 2. The highest BCUT2D eigenvalue weighted by atomic mass is 32.2. The lowest BCUT2D eigenvalue weighted by molar-refractivity contribution is -0.140. The number of rotatable bonds is 12. The highest BCUT2D eigenvalue weighted by molar-refractivity contribution is 7.92. The van der Waals surface area contributed by atoms with Crippen molar-refractivity contribution in [1.29, 1.82) is 0 Å². The molecule has 2 atom stereocenters. The molecular weight excluding hydrogens is 510 g/mol. The summed E-state index contributed by atoms with van der Waals surface area (Å²) < 4.78 is 28.9. The molecule has 0 aromatic heterocycles. The van der Waals surface area contributed by atoms with E-state index in [9.17, 15) is 18.0 Å². The molecular formula is C31H39N3O4S. The quantitative estimate of drug-likeness (QED) is 0.336. The SMILES string of the molecule is CC[C@@H](C)NC(=O)[C@@H](CC)N(Cc1cccc(C)c1)C(=O)CN(c1ccccc1C)S(=O)(=O)c1ccccc1. The fourth-order valence-electron chi connectivity index (χ4n) is 4.44. The number of nitrogens with zero attached hydrogens (tertiary/aromatic N) is 2. The van der Waals surface area contributed by atoms with Crippen LogP contribution >= 0.6 is 0 Å². The van der Waals surface area contributed by atoms with Gasteiger partial charge in [-0.05, 0) is 62.9 Å². The van der Waals surface area contributed by atoms with E-state index in [0.717, 1.165) is 27.4 Å². The maximum atomic E-state index is 14.1. The van der Waals surface area contributed by atoms with Crippen LogP contribution in [0, 0.1) is 13.8 Å². The predicted molar refractivity (Wildman–Crippen MR) is 156 cm³/mol. The molecule has 0 saturated carbocycles. The third-order valence-electron chi connectivity index (χ3n) is 6.82. The first-order chi connectivity index (χ1) is 18.6. The van der Waals surface area contributed by atoms with Crippen LogP contribution in [-0.2, 0) is 26.2 Å². The van der Waals surface area contributed by atoms with E-state index in [1.165, 1.54) is 17.0 Å². The summed E-state index contributed by atoms with van der Waals surface area (Å²) in [6.45, 7) is 9.28. The van der Waals surface area contributed by atoms with Crippen molar-refractivity contribution in [3.05, 3.63) is 95.6 Å². The first-order valence-corrected chi connectivity index (χ1v) is 14.8. The second-order valence-corrected chi connectivity index (χ2v) is 11.7. The van der Waals surface area contributed by atoms with Gasteiger partial charge in [-0.15, -0.1) is 0 Å². The Morgan fingerprint density at radius 3 is 2.15 bits per heavy atom. The Hall–Kier alpha value is -3.65. The molecule has 0 aliphatic rings. The van der Waals surface area contributed by atoms with Gasteiger partial charge in [0.1, 0.15) is 12.6 Å². The number of benzene rings is 3. The van der Waals surface area contributed by atoms with Crippen LogP contribution in [0.5, 0.6) is 0 Å². The highest BCUT2D eigenvalue weighted by Gasteiger charge is 2.34. The standard InChI is InChI=1S/C31H39N3O4S/c1-6-25(5)32-31(36)28(7-2)33(21-26-16-13-14-23(3)20-26)30(35)22-34(29-19-12-11-15-24(29)4)39(37,38)27-17-9-8-10-18-27/h8-20,25,28H,6-7,21-22H2,1-5H3,(H,32,36)/t25-,28-/m1/s1. The van der Waals surface area contributed by atoms with Gasteiger partial charge in [-0.1, -0.05) is 80.1 Å². The van der Waals surface area contributed by atoms with Crippen LogP contribution in [0.3, 0.4) is 0 Å². The summed E-state index contributed by atoms with van der Waals surface area (Å²) in [7, 11) is -4.08. The van der Waals surface area contributed by atoms with E-state index in [4.69, 9.17) is 0 Å². The number of nitrogens with one attached hydrogen (secondary N) is 1. The van der Waals surface area contributed by atoms with Gasteiger partial charge in [-0.25, -0.2) is 8.42 Å². The van der Waals surface area contributed by atoms with Crippen LogP contribution in [0.2, 0.25) is 0 Å². The molecule has 3 rings (SSSR count). The second kappa shape index (κ2) is 13.4. The molecule has 0 spiro atoms. The molecule has 0 saturated heterocycles. The van der Waals surface area contributed by atoms with Crippen molar-refractivity contribution in [1.82, 2.24) is 10.2 Å². The Balaban J connectivity index is 2.06. The van der Waals surface area contributed by atoms with E-state index >= 15 is 0 Å². The molecule has 7 nitrogen and oxygen atoms in total. The Kier molecular flexibility index (Phi) is 10.3. The average molecular weight is 550 g/mol. The van der Waals surface area contributed by atoms with Crippen LogP contribution in [0.1, 0.15) is 50.3 Å². The highest BCUT2D eigenvalue weighted by Crippen LogP contribution is 2.27. The van der Waals surface area contributed by atoms with Crippen molar-refractivity contribution in [3.8, 4) is 0 Å². The van der Waals surface area contributed by atoms with Crippen LogP contribution in [0.25, 0.3) is 0 Å². The zero-order valence-electron chi connectivity index (χ0n) is 23.4. The van der Waals surface area contributed by atoms with E-state index in [-0.39, 0.29) is 23.4 Å². The zero-order chi connectivity index (χ0) is 28.6. The summed E-state index contributed by atoms with van der Waals surface area (Å²) >= 11 is 0. The molecule has 0 aliphatic carbocycles. The van der Waals surface area contributed by atoms with Gasteiger partial charge in [0.25, 0.3) is 10.0 Å². The summed E-state index contributed by atoms with van der Waals surface area (Å²) in [5, 5.41) is 3.00. The largest absolute Gasteiger partial charge is 0.352 e. The molecule has 8 heteroatoms. The number of para-hydroxylation sites is 1. The van der Waals surface area contributed by atoms with E-state index in [1.54, 1.807) is 30.3 Å². The predicted octanol–water partition coefficient (Wildman–Crippen LogP) is 5.22. The van der Waals surface area contributed by atoms with Gasteiger partial charge in [0.05, 0.1) is 10.6 Å². The lowest BCUT2D eigenvalue weighted by atomic mass is 10.1. The number of aryl methyl sites for hydroxylation is 2. The van der Waals surface area contributed by atoms with Crippen molar-refractivity contribution >= 4 is 27.5 Å². The Morgan fingerprint density at radius 1 is 0.872 bits per heavy atom. The summed E-state index contributed by atoms with van der Waals surface area (Å²) in [6.07, 6.45) is 1.14. The molecule has 1 N–H and O–H groups in total. The summed E-state index contributed by atoms with van der Waals surface area (Å²) in [4.78, 5) is 29.0. The van der Waals surface area contributed by atoms with Crippen molar-refractivity contribution in [3.63, 3.8) is 0 Å². The first kappa shape index (κ1) is 29.9. The maximum absolute atomic E-state index is 14.1. The monoisotopic (exact) mass is 549 g/mol. The number of anilines is 1. The molecule has 39 heavy (non-hydrogen) atoms. The molecule has 3 aromatic rings. The molecule has 0 radical (unpaired) electrons. The average Bonchev–Trinajstić information content (AvgIpc) is 2.92. The van der Waals surface area contributed by atoms with Gasteiger partial charge >= 0.3 is 0 Å². The molecule has 0 aliphatic heterocycles. The van der Waals surface area contributed by atoms with Crippen LogP contribution in [-0.4, -0.2) is 43.8 Å². The van der Waals surface area contributed by atoms with Crippen molar-refractivity contribution in [2.24, 2.45) is 0 Å². The topological polar surface area (TPSA) is 86.8 Å². The van der Waals surface area contributed by atoms with Gasteiger partial charge in [0.2, 0.25) is 11.8 Å². The first-order valence-electron chi connectivity index (χ1n) is 13.4. The van der Waals surface area contributed by atoms with Crippen molar-refractivity contribution < 1.29 is 18.0 Å². The molecule has 3 aromatic carbocycles. The molecule has 0 fully saturated rings. The van der Waals surface area contributed by atoms with Gasteiger partial charge in [0, 0.05) is 12.6 Å². The summed E-state index contributed by atoms with van der Waals surface area (Å²) in [6, 6.07) is 22.1. The van der Waals surface area contributed by atoms with Crippen LogP contribution in [0.15, 0.2) is 83.8 Å². The Bertz CT molecular complexity index is 1380. The van der Waals surface area contributed by atoms with E-state index in [1.807, 2.05) is 71.0 Å². The number of carbonyl (C=O) groups is 2. The minimum atomic E-state index is -4.08. The number of hydrogen-bond acceptors (Lipinski definition) is 4. The third-order valence-corrected chi connectivity index (χ3v) is 8.59. The molecule has 2 amide bonds. The summed E-state index contributed by atoms with van der Waals surface area (Å²) in [5.74, 6) is -0.702. The minimum Gasteiger partial charge on any atom is -0.352 e. The van der Waals surface area contributed by atoms with Crippen LogP contribution < -0.4 is 9.62 Å². The van der Waals surface area contributed by atoms with Gasteiger partial charge < -0.3 is 10.2 Å². The van der Waals surface area contributed by atoms with Crippen molar-refractivity contribution in [2.75, 3.05) is 10.8 Å². The fraction of sp³-hybridized carbons (Fsp3) is 0.355. The van der Waals surface area contributed by atoms with E-state index in [0.29, 0.717) is 12.1 Å². The van der Waals surface area contributed by atoms with E-state index in [2.05, 4.69) is 5.32 Å². The number of sulfonamides is 1. The summed E-state index contributed by atoms with van der Waals surface area (Å²) in [5.41, 5.74) is 3.04. The van der Waals surface area contributed by atoms with Gasteiger partial charge in [0.15, 0.2) is 0 Å². The van der Waals surface area contributed by atoms with Crippen molar-refractivity contribution in [2.45, 2.75) is 71.0 Å². The lowest BCUT2D eigenvalue weighted by Crippen LogP contribution is -2.53. The second-order valence-electron chi connectivity index (χ2n) is 9.86. The van der Waals surface area contributed by atoms with Gasteiger partial charge in [-0.3, -0.25) is 13.9 Å². The maximum Gasteiger partial charge on any atom is 0.264 e. The molecule has 0 bridgehead atoms. The smallest absolute Gasteiger partial charge is 0.264 e. The Labute approximate surface area is 232 Å². The van der Waals surface area contributed by atoms with E-state index < -0.39 is 28.5 Å². The van der Waals surface area contributed by atoms with Crippen LogP contribution in [0.4, 0.5) is 5.69 Å². The zero-order valence-corrected chi connectivity index (χ0v) is 24.2.